The van der Waals surface area contributed by atoms with Crippen LogP contribution in [0.25, 0.3) is 0 Å². The topological polar surface area (TPSA) is 40.5 Å². The summed E-state index contributed by atoms with van der Waals surface area (Å²) in [6, 6.07) is 0. The molecule has 0 aromatic carbocycles. The van der Waals surface area contributed by atoms with Gasteiger partial charge in [-0.2, -0.15) is 35.1 Å². The first-order chi connectivity index (χ1) is 7.87. The van der Waals surface area contributed by atoms with Gasteiger partial charge in [-0.1, -0.05) is 0 Å². The molecule has 0 bridgehead atoms. The molecular formula is C8H10F8O2. The molecule has 0 rings (SSSR count). The number of aliphatic hydroxyl groups is 2. The molecule has 0 radical (unpaired) electrons. The van der Waals surface area contributed by atoms with Gasteiger partial charge in [0.25, 0.3) is 0 Å². The van der Waals surface area contributed by atoms with E-state index in [9.17, 15) is 35.1 Å². The van der Waals surface area contributed by atoms with E-state index in [1.165, 1.54) is 0 Å². The number of hydrogen-bond donors (Lipinski definition) is 2. The molecule has 0 fully saturated rings. The SMILES string of the molecule is OCCC(F)(F)C(F)(F)C(F)(F)C(F)(F)CCO. The first kappa shape index (κ1) is 17.4. The van der Waals surface area contributed by atoms with Crippen LogP contribution in [-0.4, -0.2) is 47.1 Å². The Morgan fingerprint density at radius 1 is 0.556 bits per heavy atom. The summed E-state index contributed by atoms with van der Waals surface area (Å²) >= 11 is 0. The molecule has 0 aliphatic carbocycles. The van der Waals surface area contributed by atoms with Gasteiger partial charge >= 0.3 is 23.7 Å². The van der Waals surface area contributed by atoms with E-state index in [-0.39, 0.29) is 0 Å². The van der Waals surface area contributed by atoms with E-state index in [1.807, 2.05) is 0 Å². The molecule has 0 unspecified atom stereocenters. The third-order valence-electron chi connectivity index (χ3n) is 2.16. The Hall–Kier alpha value is -0.640. The number of hydrogen-bond acceptors (Lipinski definition) is 2. The summed E-state index contributed by atoms with van der Waals surface area (Å²) in [5.41, 5.74) is 0. The highest BCUT2D eigenvalue weighted by Crippen LogP contribution is 2.54. The average molecular weight is 290 g/mol. The Morgan fingerprint density at radius 3 is 0.944 bits per heavy atom. The quantitative estimate of drug-likeness (QED) is 0.706. The van der Waals surface area contributed by atoms with E-state index in [1.54, 1.807) is 0 Å². The molecule has 0 aliphatic rings. The smallest absolute Gasteiger partial charge is 0.378 e. The van der Waals surface area contributed by atoms with Crippen LogP contribution in [0.1, 0.15) is 12.8 Å². The largest absolute Gasteiger partial charge is 0.396 e. The molecule has 0 aromatic rings. The van der Waals surface area contributed by atoms with Gasteiger partial charge in [-0.15, -0.1) is 0 Å². The summed E-state index contributed by atoms with van der Waals surface area (Å²) in [6.07, 6.45) is -4.18. The van der Waals surface area contributed by atoms with Crippen molar-refractivity contribution < 1.29 is 45.3 Å². The predicted molar refractivity (Wildman–Crippen MR) is 43.2 cm³/mol. The standard InChI is InChI=1S/C8H10F8O2/c9-5(10,1-3-17)7(13,14)8(15,16)6(11,12)2-4-18/h17-18H,1-4H2. The van der Waals surface area contributed by atoms with Crippen LogP contribution in [0.3, 0.4) is 0 Å². The molecule has 18 heavy (non-hydrogen) atoms. The molecule has 0 aromatic heterocycles. The number of alkyl halides is 8. The maximum absolute atomic E-state index is 12.8. The van der Waals surface area contributed by atoms with Gasteiger partial charge in [-0.25, -0.2) is 0 Å². The van der Waals surface area contributed by atoms with Crippen molar-refractivity contribution in [3.8, 4) is 0 Å². The second-order valence-corrected chi connectivity index (χ2v) is 3.50. The van der Waals surface area contributed by atoms with E-state index in [0.717, 1.165) is 0 Å². The zero-order valence-electron chi connectivity index (χ0n) is 8.75. The van der Waals surface area contributed by atoms with Gasteiger partial charge in [-0.3, -0.25) is 0 Å². The fourth-order valence-electron chi connectivity index (χ4n) is 1.05. The first-order valence-electron chi connectivity index (χ1n) is 4.60. The van der Waals surface area contributed by atoms with E-state index in [2.05, 4.69) is 0 Å². The van der Waals surface area contributed by atoms with E-state index >= 15 is 0 Å². The minimum absolute atomic E-state index is 1.58. The van der Waals surface area contributed by atoms with Crippen molar-refractivity contribution in [2.24, 2.45) is 0 Å². The molecule has 0 aliphatic heterocycles. The van der Waals surface area contributed by atoms with E-state index in [4.69, 9.17) is 10.2 Å². The minimum Gasteiger partial charge on any atom is -0.396 e. The number of halogens is 8. The van der Waals surface area contributed by atoms with Crippen molar-refractivity contribution in [2.45, 2.75) is 36.5 Å². The van der Waals surface area contributed by atoms with Crippen LogP contribution in [0.4, 0.5) is 35.1 Å². The lowest BCUT2D eigenvalue weighted by molar-refractivity contribution is -0.369. The molecule has 0 saturated heterocycles. The van der Waals surface area contributed by atoms with Crippen molar-refractivity contribution in [3.63, 3.8) is 0 Å². The van der Waals surface area contributed by atoms with Gasteiger partial charge in [0.15, 0.2) is 0 Å². The van der Waals surface area contributed by atoms with Crippen molar-refractivity contribution >= 4 is 0 Å². The van der Waals surface area contributed by atoms with Crippen LogP contribution >= 0.6 is 0 Å². The lowest BCUT2D eigenvalue weighted by atomic mass is 9.95. The maximum Gasteiger partial charge on any atom is 0.378 e. The summed E-state index contributed by atoms with van der Waals surface area (Å²) in [5.74, 6) is -23.7. The fourth-order valence-corrected chi connectivity index (χ4v) is 1.05. The second kappa shape index (κ2) is 5.16. The number of rotatable bonds is 7. The van der Waals surface area contributed by atoms with Gasteiger partial charge < -0.3 is 10.2 Å². The Bertz CT molecular complexity index is 250. The van der Waals surface area contributed by atoms with Crippen LogP contribution in [-0.2, 0) is 0 Å². The molecule has 2 N–H and O–H groups in total. The van der Waals surface area contributed by atoms with Crippen molar-refractivity contribution in [2.75, 3.05) is 13.2 Å². The van der Waals surface area contributed by atoms with Gasteiger partial charge in [-0.05, 0) is 0 Å². The highest BCUT2D eigenvalue weighted by atomic mass is 19.4. The highest BCUT2D eigenvalue weighted by molar-refractivity contribution is 5.03. The van der Waals surface area contributed by atoms with Gasteiger partial charge in [0.1, 0.15) is 0 Å². The van der Waals surface area contributed by atoms with Gasteiger partial charge in [0.2, 0.25) is 0 Å². The van der Waals surface area contributed by atoms with Gasteiger partial charge in [0, 0.05) is 26.1 Å². The Morgan fingerprint density at radius 2 is 0.778 bits per heavy atom. The lowest BCUT2D eigenvalue weighted by Crippen LogP contribution is -2.62. The third kappa shape index (κ3) is 2.68. The Kier molecular flexibility index (Phi) is 4.97. The van der Waals surface area contributed by atoms with Crippen LogP contribution in [0, 0.1) is 0 Å². The summed E-state index contributed by atoms with van der Waals surface area (Å²) in [7, 11) is 0. The van der Waals surface area contributed by atoms with Crippen LogP contribution in [0.5, 0.6) is 0 Å². The van der Waals surface area contributed by atoms with E-state index in [0.29, 0.717) is 0 Å². The van der Waals surface area contributed by atoms with Crippen LogP contribution < -0.4 is 0 Å². The summed E-state index contributed by atoms with van der Waals surface area (Å²) < 4.78 is 102. The molecule has 0 heterocycles. The molecule has 0 saturated carbocycles. The average Bonchev–Trinajstić information content (AvgIpc) is 2.16. The molecule has 2 nitrogen and oxygen atoms in total. The number of aliphatic hydroxyl groups excluding tert-OH is 2. The minimum atomic E-state index is -6.36. The highest BCUT2D eigenvalue weighted by Gasteiger charge is 2.79. The predicted octanol–water partition coefficient (Wildman–Crippen LogP) is 2.29. The molecule has 0 amide bonds. The summed E-state index contributed by atoms with van der Waals surface area (Å²) in [5, 5.41) is 16.1. The van der Waals surface area contributed by atoms with Crippen LogP contribution in [0.15, 0.2) is 0 Å². The molecule has 0 atom stereocenters. The van der Waals surface area contributed by atoms with Crippen LogP contribution in [0.2, 0.25) is 0 Å². The molecule has 110 valence electrons. The fraction of sp³-hybridized carbons (Fsp3) is 1.00. The zero-order valence-corrected chi connectivity index (χ0v) is 8.75. The second-order valence-electron chi connectivity index (χ2n) is 3.50. The molecular weight excluding hydrogens is 280 g/mol. The lowest BCUT2D eigenvalue weighted by Gasteiger charge is -2.36. The van der Waals surface area contributed by atoms with Crippen molar-refractivity contribution in [3.05, 3.63) is 0 Å². The summed E-state index contributed by atoms with van der Waals surface area (Å²) in [6.45, 7) is -3.16. The normalized spacial score (nSPS) is 15.0. The van der Waals surface area contributed by atoms with Crippen molar-refractivity contribution in [1.82, 2.24) is 0 Å². The van der Waals surface area contributed by atoms with Gasteiger partial charge in [0.05, 0.1) is 0 Å². The maximum atomic E-state index is 12.8. The third-order valence-corrected chi connectivity index (χ3v) is 2.16. The molecule has 0 spiro atoms. The van der Waals surface area contributed by atoms with E-state index < -0.39 is 49.7 Å². The summed E-state index contributed by atoms with van der Waals surface area (Å²) in [4.78, 5) is 0. The first-order valence-corrected chi connectivity index (χ1v) is 4.60. The monoisotopic (exact) mass is 290 g/mol. The molecule has 10 heteroatoms. The van der Waals surface area contributed by atoms with Crippen molar-refractivity contribution in [1.29, 1.82) is 0 Å². The zero-order chi connectivity index (χ0) is 14.8. The Labute approximate surface area is 96.2 Å². The Balaban J connectivity index is 5.43.